The van der Waals surface area contributed by atoms with Crippen LogP contribution in [-0.4, -0.2) is 17.9 Å². The number of hydrogen-bond acceptors (Lipinski definition) is 3. The van der Waals surface area contributed by atoms with E-state index in [0.717, 1.165) is 25.7 Å². The average Bonchev–Trinajstić information content (AvgIpc) is 3.05. The van der Waals surface area contributed by atoms with E-state index in [1.54, 1.807) is 0 Å². The van der Waals surface area contributed by atoms with Crippen molar-refractivity contribution < 1.29 is 14.3 Å². The molecule has 6 atom stereocenters. The molecular formula is C26H32O3. The monoisotopic (exact) mass is 392 g/mol. The maximum absolute atomic E-state index is 12.7. The van der Waals surface area contributed by atoms with Crippen molar-refractivity contribution in [1.29, 1.82) is 0 Å². The van der Waals surface area contributed by atoms with Gasteiger partial charge in [-0.15, -0.1) is 0 Å². The molecule has 0 aromatic heterocycles. The molecule has 5 rings (SSSR count). The summed E-state index contributed by atoms with van der Waals surface area (Å²) in [5, 5.41) is 0. The molecule has 0 saturated heterocycles. The summed E-state index contributed by atoms with van der Waals surface area (Å²) in [5.41, 5.74) is 2.37. The highest BCUT2D eigenvalue weighted by molar-refractivity contribution is 5.91. The van der Waals surface area contributed by atoms with Crippen molar-refractivity contribution in [2.45, 2.75) is 71.3 Å². The summed E-state index contributed by atoms with van der Waals surface area (Å²) in [6.07, 6.45) is 10.5. The summed E-state index contributed by atoms with van der Waals surface area (Å²) in [7, 11) is 0. The minimum Gasteiger partial charge on any atom is -0.458 e. The number of allylic oxidation sites excluding steroid dienone is 1. The van der Waals surface area contributed by atoms with Gasteiger partial charge >= 0.3 is 5.97 Å². The first kappa shape index (κ1) is 19.1. The Morgan fingerprint density at radius 1 is 0.966 bits per heavy atom. The van der Waals surface area contributed by atoms with E-state index in [1.807, 2.05) is 36.4 Å². The topological polar surface area (TPSA) is 43.4 Å². The fourth-order valence-corrected chi connectivity index (χ4v) is 7.48. The molecule has 0 N–H and O–H groups in total. The van der Waals surface area contributed by atoms with E-state index < -0.39 is 0 Å². The fourth-order valence-electron chi connectivity index (χ4n) is 7.48. The highest BCUT2D eigenvalue weighted by Gasteiger charge is 2.59. The van der Waals surface area contributed by atoms with Gasteiger partial charge in [0.25, 0.3) is 0 Å². The predicted molar refractivity (Wildman–Crippen MR) is 112 cm³/mol. The highest BCUT2D eigenvalue weighted by Crippen LogP contribution is 2.65. The van der Waals surface area contributed by atoms with E-state index in [-0.39, 0.29) is 22.9 Å². The number of esters is 1. The summed E-state index contributed by atoms with van der Waals surface area (Å²) in [6.45, 7) is 4.80. The van der Waals surface area contributed by atoms with E-state index in [1.165, 1.54) is 24.8 Å². The molecule has 154 valence electrons. The number of carbonyl (C=O) groups excluding carboxylic acids is 2. The summed E-state index contributed by atoms with van der Waals surface area (Å²) >= 11 is 0. The van der Waals surface area contributed by atoms with Gasteiger partial charge in [0.1, 0.15) is 6.10 Å². The summed E-state index contributed by atoms with van der Waals surface area (Å²) in [6, 6.07) is 9.39. The van der Waals surface area contributed by atoms with E-state index >= 15 is 0 Å². The van der Waals surface area contributed by atoms with Crippen LogP contribution in [0, 0.1) is 28.6 Å². The molecule has 0 amide bonds. The third kappa shape index (κ3) is 2.92. The standard InChI is InChI=1S/C26H32O3/c1-25-14-12-19(27)16-18(25)8-9-20-21-10-11-23(26(21,2)15-13-22(20)25)29-24(28)17-6-4-3-5-7-17/h3-7,16,20-23H,8-15H2,1-2H3/t20-,21+,22-,23+,25+,26+/m1/s1. The number of hydrogen-bond donors (Lipinski definition) is 0. The molecule has 3 heteroatoms. The van der Waals surface area contributed by atoms with E-state index in [4.69, 9.17) is 4.74 Å². The Bertz CT molecular complexity index is 856. The van der Waals surface area contributed by atoms with E-state index in [0.29, 0.717) is 35.5 Å². The Balaban J connectivity index is 1.37. The molecular weight excluding hydrogens is 360 g/mol. The molecule has 3 fully saturated rings. The maximum Gasteiger partial charge on any atom is 0.338 e. The minimum absolute atomic E-state index is 0.0267. The predicted octanol–water partition coefficient (Wildman–Crippen LogP) is 5.74. The molecule has 3 saturated carbocycles. The van der Waals surface area contributed by atoms with Crippen LogP contribution >= 0.6 is 0 Å². The molecule has 0 heterocycles. The summed E-state index contributed by atoms with van der Waals surface area (Å²) < 4.78 is 6.10. The molecule has 3 nitrogen and oxygen atoms in total. The first-order valence-electron chi connectivity index (χ1n) is 11.4. The van der Waals surface area contributed by atoms with Crippen LogP contribution in [-0.2, 0) is 9.53 Å². The fraction of sp³-hybridized carbons (Fsp3) is 0.615. The second-order valence-corrected chi connectivity index (χ2v) is 10.4. The van der Waals surface area contributed by atoms with Crippen LogP contribution in [0.5, 0.6) is 0 Å². The number of fused-ring (bicyclic) bond motifs is 5. The van der Waals surface area contributed by atoms with E-state index in [2.05, 4.69) is 13.8 Å². The van der Waals surface area contributed by atoms with Crippen LogP contribution in [0.3, 0.4) is 0 Å². The van der Waals surface area contributed by atoms with Crippen LogP contribution in [0.15, 0.2) is 42.0 Å². The lowest BCUT2D eigenvalue weighted by Crippen LogP contribution is -2.51. The number of carbonyl (C=O) groups is 2. The molecule has 0 bridgehead atoms. The normalized spacial score (nSPS) is 41.0. The first-order chi connectivity index (χ1) is 13.9. The van der Waals surface area contributed by atoms with Crippen molar-refractivity contribution >= 4 is 11.8 Å². The molecule has 0 aliphatic heterocycles. The van der Waals surface area contributed by atoms with Crippen LogP contribution in [0.2, 0.25) is 0 Å². The third-order valence-electron chi connectivity index (χ3n) is 9.13. The smallest absolute Gasteiger partial charge is 0.338 e. The Morgan fingerprint density at radius 2 is 1.76 bits per heavy atom. The molecule has 29 heavy (non-hydrogen) atoms. The zero-order valence-electron chi connectivity index (χ0n) is 17.7. The number of rotatable bonds is 2. The van der Waals surface area contributed by atoms with Crippen LogP contribution in [0.1, 0.15) is 75.6 Å². The van der Waals surface area contributed by atoms with Gasteiger partial charge in [0.2, 0.25) is 0 Å². The molecule has 4 aliphatic carbocycles. The zero-order valence-corrected chi connectivity index (χ0v) is 17.7. The molecule has 1 aromatic carbocycles. The van der Waals surface area contributed by atoms with E-state index in [9.17, 15) is 9.59 Å². The lowest BCUT2D eigenvalue weighted by molar-refractivity contribution is -0.118. The van der Waals surface area contributed by atoms with Crippen molar-refractivity contribution in [3.8, 4) is 0 Å². The average molecular weight is 393 g/mol. The molecule has 0 unspecified atom stereocenters. The van der Waals surface area contributed by atoms with Crippen molar-refractivity contribution in [1.82, 2.24) is 0 Å². The number of ketones is 1. The molecule has 4 aliphatic rings. The Morgan fingerprint density at radius 3 is 2.55 bits per heavy atom. The second kappa shape index (κ2) is 6.82. The summed E-state index contributed by atoms with van der Waals surface area (Å²) in [5.74, 6) is 2.16. The van der Waals surface area contributed by atoms with Gasteiger partial charge in [-0.25, -0.2) is 4.79 Å². The van der Waals surface area contributed by atoms with Gasteiger partial charge in [-0.2, -0.15) is 0 Å². The third-order valence-corrected chi connectivity index (χ3v) is 9.13. The maximum atomic E-state index is 12.7. The number of ether oxygens (including phenoxy) is 1. The van der Waals surface area contributed by atoms with Crippen LogP contribution in [0.25, 0.3) is 0 Å². The minimum atomic E-state index is -0.175. The van der Waals surface area contributed by atoms with Gasteiger partial charge < -0.3 is 4.74 Å². The van der Waals surface area contributed by atoms with Crippen molar-refractivity contribution in [3.63, 3.8) is 0 Å². The van der Waals surface area contributed by atoms with Gasteiger partial charge in [0.05, 0.1) is 5.56 Å². The first-order valence-corrected chi connectivity index (χ1v) is 11.4. The Labute approximate surface area is 173 Å². The lowest BCUT2D eigenvalue weighted by atomic mass is 9.47. The van der Waals surface area contributed by atoms with Gasteiger partial charge in [0.15, 0.2) is 5.78 Å². The Hall–Kier alpha value is -1.90. The Kier molecular flexibility index (Phi) is 4.49. The number of benzene rings is 1. The van der Waals surface area contributed by atoms with Gasteiger partial charge in [-0.3, -0.25) is 4.79 Å². The lowest BCUT2D eigenvalue weighted by Gasteiger charge is -2.57. The second-order valence-electron chi connectivity index (χ2n) is 10.4. The van der Waals surface area contributed by atoms with Crippen molar-refractivity contribution in [2.24, 2.45) is 28.6 Å². The van der Waals surface area contributed by atoms with Crippen molar-refractivity contribution in [3.05, 3.63) is 47.5 Å². The van der Waals surface area contributed by atoms with Gasteiger partial charge in [0, 0.05) is 11.8 Å². The van der Waals surface area contributed by atoms with Crippen molar-refractivity contribution in [2.75, 3.05) is 0 Å². The molecule has 0 radical (unpaired) electrons. The molecule has 1 aromatic rings. The SMILES string of the molecule is C[C@]12CC[C@@H]3[C@H](CCC4=CC(=O)CC[C@@]43C)[C@@H]1CC[C@@H]2OC(=O)c1ccccc1. The van der Waals surface area contributed by atoms with Gasteiger partial charge in [-0.05, 0) is 86.3 Å². The highest BCUT2D eigenvalue weighted by atomic mass is 16.5. The summed E-state index contributed by atoms with van der Waals surface area (Å²) in [4.78, 5) is 24.7. The largest absolute Gasteiger partial charge is 0.458 e. The quantitative estimate of drug-likeness (QED) is 0.603. The van der Waals surface area contributed by atoms with Gasteiger partial charge in [-0.1, -0.05) is 37.6 Å². The zero-order chi connectivity index (χ0) is 20.2. The molecule has 0 spiro atoms. The van der Waals surface area contributed by atoms with Crippen LogP contribution < -0.4 is 0 Å². The van der Waals surface area contributed by atoms with Crippen LogP contribution in [0.4, 0.5) is 0 Å².